The Balaban J connectivity index is 1.72. The molecule has 92 valence electrons. The number of hydrogen-bond acceptors (Lipinski definition) is 3. The highest BCUT2D eigenvalue weighted by Gasteiger charge is 2.11. The van der Waals surface area contributed by atoms with Crippen molar-refractivity contribution in [1.82, 2.24) is 4.98 Å². The zero-order valence-electron chi connectivity index (χ0n) is 10.4. The van der Waals surface area contributed by atoms with Gasteiger partial charge in [0, 0.05) is 11.9 Å². The summed E-state index contributed by atoms with van der Waals surface area (Å²) in [6.07, 6.45) is 1.83. The monoisotopic (exact) mass is 240 g/mol. The quantitative estimate of drug-likeness (QED) is 0.895. The molecule has 1 aromatic carbocycles. The predicted octanol–water partition coefficient (Wildman–Crippen LogP) is 3.03. The Kier molecular flexibility index (Phi) is 2.99. The lowest BCUT2D eigenvalue weighted by atomic mass is 10.1. The van der Waals surface area contributed by atoms with Crippen LogP contribution in [0.25, 0.3) is 0 Å². The van der Waals surface area contributed by atoms with Crippen molar-refractivity contribution in [2.75, 3.05) is 5.32 Å². The van der Waals surface area contributed by atoms with Crippen molar-refractivity contribution in [1.29, 1.82) is 0 Å². The molecule has 0 radical (unpaired) electrons. The van der Waals surface area contributed by atoms with Gasteiger partial charge < -0.3 is 10.1 Å². The fourth-order valence-corrected chi connectivity index (χ4v) is 2.17. The number of benzene rings is 1. The molecule has 3 rings (SSSR count). The van der Waals surface area contributed by atoms with E-state index in [0.29, 0.717) is 0 Å². The van der Waals surface area contributed by atoms with Gasteiger partial charge in [-0.1, -0.05) is 12.1 Å². The van der Waals surface area contributed by atoms with Gasteiger partial charge in [-0.3, -0.25) is 4.98 Å². The van der Waals surface area contributed by atoms with Crippen LogP contribution >= 0.6 is 0 Å². The Hall–Kier alpha value is -1.87. The number of aryl methyl sites for hydroxylation is 1. The van der Waals surface area contributed by atoms with E-state index in [2.05, 4.69) is 41.5 Å². The minimum atomic E-state index is 0.730. The van der Waals surface area contributed by atoms with Crippen molar-refractivity contribution < 1.29 is 4.74 Å². The van der Waals surface area contributed by atoms with Crippen LogP contribution in [0.4, 0.5) is 5.69 Å². The Morgan fingerprint density at radius 1 is 1.22 bits per heavy atom. The molecule has 0 spiro atoms. The molecule has 1 aromatic heterocycles. The summed E-state index contributed by atoms with van der Waals surface area (Å²) < 4.78 is 5.41. The van der Waals surface area contributed by atoms with Gasteiger partial charge in [-0.2, -0.15) is 0 Å². The van der Waals surface area contributed by atoms with Crippen LogP contribution in [0, 0.1) is 6.92 Å². The molecule has 0 fully saturated rings. The van der Waals surface area contributed by atoms with Crippen LogP contribution in [0.1, 0.15) is 22.4 Å². The maximum Gasteiger partial charge on any atom is 0.0725 e. The number of nitrogens with one attached hydrogen (secondary N) is 1. The third kappa shape index (κ3) is 2.22. The van der Waals surface area contributed by atoms with Crippen LogP contribution in [0.2, 0.25) is 0 Å². The summed E-state index contributed by atoms with van der Waals surface area (Å²) in [4.78, 5) is 4.38. The molecule has 0 amide bonds. The molecule has 0 saturated heterocycles. The van der Waals surface area contributed by atoms with Gasteiger partial charge in [0.05, 0.1) is 25.5 Å². The molecule has 2 heterocycles. The maximum atomic E-state index is 5.41. The lowest BCUT2D eigenvalue weighted by Gasteiger charge is -2.09. The Labute approximate surface area is 107 Å². The number of pyridine rings is 1. The van der Waals surface area contributed by atoms with E-state index in [1.807, 2.05) is 12.3 Å². The SMILES string of the molecule is Cc1cccnc1CNc1ccc2c(c1)COC2. The van der Waals surface area contributed by atoms with Gasteiger partial charge in [0.1, 0.15) is 0 Å². The highest BCUT2D eigenvalue weighted by atomic mass is 16.5. The standard InChI is InChI=1S/C15H16N2O/c1-11-3-2-6-16-15(11)8-17-14-5-4-12-9-18-10-13(12)7-14/h2-7,17H,8-10H2,1H3. The number of ether oxygens (including phenoxy) is 1. The van der Waals surface area contributed by atoms with Crippen molar-refractivity contribution in [3.05, 3.63) is 58.9 Å². The number of hydrogen-bond donors (Lipinski definition) is 1. The third-order valence-electron chi connectivity index (χ3n) is 3.30. The molecular weight excluding hydrogens is 224 g/mol. The highest BCUT2D eigenvalue weighted by Crippen LogP contribution is 2.23. The average molecular weight is 240 g/mol. The topological polar surface area (TPSA) is 34.2 Å². The summed E-state index contributed by atoms with van der Waals surface area (Å²) in [5, 5.41) is 3.41. The molecule has 3 heteroatoms. The predicted molar refractivity (Wildman–Crippen MR) is 71.2 cm³/mol. The van der Waals surface area contributed by atoms with Gasteiger partial charge in [0.15, 0.2) is 0 Å². The van der Waals surface area contributed by atoms with E-state index in [0.717, 1.165) is 31.1 Å². The first-order valence-electron chi connectivity index (χ1n) is 6.17. The lowest BCUT2D eigenvalue weighted by molar-refractivity contribution is 0.134. The van der Waals surface area contributed by atoms with E-state index in [4.69, 9.17) is 4.74 Å². The molecule has 18 heavy (non-hydrogen) atoms. The molecule has 1 aliphatic rings. The number of fused-ring (bicyclic) bond motifs is 1. The van der Waals surface area contributed by atoms with E-state index >= 15 is 0 Å². The number of aromatic nitrogens is 1. The zero-order valence-corrected chi connectivity index (χ0v) is 10.4. The van der Waals surface area contributed by atoms with Gasteiger partial charge >= 0.3 is 0 Å². The minimum absolute atomic E-state index is 0.730. The first-order valence-corrected chi connectivity index (χ1v) is 6.17. The number of anilines is 1. The molecule has 3 nitrogen and oxygen atoms in total. The number of nitrogens with zero attached hydrogens (tertiary/aromatic N) is 1. The second-order valence-electron chi connectivity index (χ2n) is 4.60. The van der Waals surface area contributed by atoms with Gasteiger partial charge in [-0.05, 0) is 41.8 Å². The van der Waals surface area contributed by atoms with Crippen molar-refractivity contribution in [2.45, 2.75) is 26.7 Å². The molecule has 2 aromatic rings. The molecule has 0 saturated carbocycles. The molecule has 0 unspecified atom stereocenters. The maximum absolute atomic E-state index is 5.41. The second-order valence-corrected chi connectivity index (χ2v) is 4.60. The van der Waals surface area contributed by atoms with E-state index in [1.54, 1.807) is 0 Å². The van der Waals surface area contributed by atoms with Gasteiger partial charge in [0.2, 0.25) is 0 Å². The molecule has 0 bridgehead atoms. The number of rotatable bonds is 3. The van der Waals surface area contributed by atoms with Crippen molar-refractivity contribution >= 4 is 5.69 Å². The third-order valence-corrected chi connectivity index (χ3v) is 3.30. The Morgan fingerprint density at radius 2 is 2.11 bits per heavy atom. The first kappa shape index (κ1) is 11.2. The summed E-state index contributed by atoms with van der Waals surface area (Å²) >= 11 is 0. The van der Waals surface area contributed by atoms with E-state index < -0.39 is 0 Å². The van der Waals surface area contributed by atoms with Gasteiger partial charge in [0.25, 0.3) is 0 Å². The molecule has 0 atom stereocenters. The van der Waals surface area contributed by atoms with Crippen molar-refractivity contribution in [3.63, 3.8) is 0 Å². The summed E-state index contributed by atoms with van der Waals surface area (Å²) in [6.45, 7) is 4.31. The molecule has 1 N–H and O–H groups in total. The average Bonchev–Trinajstić information content (AvgIpc) is 2.85. The fraction of sp³-hybridized carbons (Fsp3) is 0.267. The Bertz CT molecular complexity index is 566. The van der Waals surface area contributed by atoms with Gasteiger partial charge in [-0.25, -0.2) is 0 Å². The first-order chi connectivity index (χ1) is 8.83. The second kappa shape index (κ2) is 4.78. The van der Waals surface area contributed by atoms with Crippen molar-refractivity contribution in [2.24, 2.45) is 0 Å². The largest absolute Gasteiger partial charge is 0.379 e. The molecule has 0 aliphatic carbocycles. The van der Waals surface area contributed by atoms with E-state index in [9.17, 15) is 0 Å². The molecular formula is C15H16N2O. The van der Waals surface area contributed by atoms with Crippen LogP contribution in [0.5, 0.6) is 0 Å². The molecule has 1 aliphatic heterocycles. The van der Waals surface area contributed by atoms with Gasteiger partial charge in [-0.15, -0.1) is 0 Å². The van der Waals surface area contributed by atoms with Crippen molar-refractivity contribution in [3.8, 4) is 0 Å². The normalized spacial score (nSPS) is 13.4. The Morgan fingerprint density at radius 3 is 3.00 bits per heavy atom. The van der Waals surface area contributed by atoms with E-state index in [-0.39, 0.29) is 0 Å². The summed E-state index contributed by atoms with van der Waals surface area (Å²) in [5.41, 5.74) is 6.03. The summed E-state index contributed by atoms with van der Waals surface area (Å²) in [7, 11) is 0. The van der Waals surface area contributed by atoms with E-state index in [1.165, 1.54) is 16.7 Å². The fourth-order valence-electron chi connectivity index (χ4n) is 2.17. The smallest absolute Gasteiger partial charge is 0.0725 e. The van der Waals surface area contributed by atoms with Crippen LogP contribution in [0.15, 0.2) is 36.5 Å². The van der Waals surface area contributed by atoms with Crippen LogP contribution < -0.4 is 5.32 Å². The summed E-state index contributed by atoms with van der Waals surface area (Å²) in [6, 6.07) is 10.5. The summed E-state index contributed by atoms with van der Waals surface area (Å²) in [5.74, 6) is 0. The minimum Gasteiger partial charge on any atom is -0.379 e. The van der Waals surface area contributed by atoms with Crippen LogP contribution in [-0.4, -0.2) is 4.98 Å². The highest BCUT2D eigenvalue weighted by molar-refractivity contribution is 5.49. The zero-order chi connectivity index (χ0) is 12.4. The van der Waals surface area contributed by atoms with Crippen LogP contribution in [0.3, 0.4) is 0 Å². The lowest BCUT2D eigenvalue weighted by Crippen LogP contribution is -2.03. The van der Waals surface area contributed by atoms with Crippen LogP contribution in [-0.2, 0) is 24.5 Å².